The summed E-state index contributed by atoms with van der Waals surface area (Å²) in [6.07, 6.45) is 0.554. The maximum atomic E-state index is 11.1. The first-order chi connectivity index (χ1) is 9.04. The van der Waals surface area contributed by atoms with Gasteiger partial charge < -0.3 is 14.6 Å². The maximum Gasteiger partial charge on any atom is 0.320 e. The molecule has 19 heavy (non-hydrogen) atoms. The van der Waals surface area contributed by atoms with Crippen LogP contribution in [0.2, 0.25) is 0 Å². The predicted molar refractivity (Wildman–Crippen MR) is 72.7 cm³/mol. The molecule has 0 radical (unpaired) electrons. The van der Waals surface area contributed by atoms with Gasteiger partial charge in [-0.15, -0.1) is 0 Å². The zero-order valence-electron chi connectivity index (χ0n) is 11.8. The average Bonchev–Trinajstić information content (AvgIpc) is 2.38. The summed E-state index contributed by atoms with van der Waals surface area (Å²) in [5.74, 6) is 0.487. The number of nitrogens with zero attached hydrogens (tertiary/aromatic N) is 1. The minimum Gasteiger partial charge on any atom is -0.493 e. The number of carboxylic acid groups (broad SMARTS) is 1. The molecule has 1 unspecified atom stereocenters. The van der Waals surface area contributed by atoms with Crippen molar-refractivity contribution in [3.63, 3.8) is 0 Å². The summed E-state index contributed by atoms with van der Waals surface area (Å²) in [5.41, 5.74) is 0.907. The average molecular weight is 267 g/mol. The highest BCUT2D eigenvalue weighted by atomic mass is 16.5. The van der Waals surface area contributed by atoms with E-state index in [9.17, 15) is 4.79 Å². The molecule has 1 aromatic rings. The smallest absolute Gasteiger partial charge is 0.320 e. The van der Waals surface area contributed by atoms with Crippen molar-refractivity contribution in [1.82, 2.24) is 4.90 Å². The molecule has 0 bridgehead atoms. The van der Waals surface area contributed by atoms with Gasteiger partial charge in [0.15, 0.2) is 11.5 Å². The minimum absolute atomic E-state index is 0.491. The van der Waals surface area contributed by atoms with Crippen molar-refractivity contribution in [2.24, 2.45) is 0 Å². The van der Waals surface area contributed by atoms with Crippen LogP contribution in [0.4, 0.5) is 0 Å². The van der Waals surface area contributed by atoms with Gasteiger partial charge in [0.25, 0.3) is 0 Å². The Morgan fingerprint density at radius 2 is 2.05 bits per heavy atom. The molecule has 5 nitrogen and oxygen atoms in total. The lowest BCUT2D eigenvalue weighted by Crippen LogP contribution is -2.37. The molecular formula is C14H21NO4. The predicted octanol–water partition coefficient (Wildman–Crippen LogP) is 2.00. The zero-order valence-corrected chi connectivity index (χ0v) is 11.8. The van der Waals surface area contributed by atoms with Crippen LogP contribution in [0.15, 0.2) is 18.2 Å². The molecule has 1 aromatic carbocycles. The lowest BCUT2D eigenvalue weighted by atomic mass is 10.1. The van der Waals surface area contributed by atoms with E-state index >= 15 is 0 Å². The number of hydrogen-bond acceptors (Lipinski definition) is 4. The molecule has 0 aliphatic rings. The first-order valence-corrected chi connectivity index (χ1v) is 6.18. The third kappa shape index (κ3) is 3.61. The standard InChI is InChI=1S/C14H21NO4/c1-5-11(14(16)17)15(2)9-10-7-6-8-12(18-3)13(10)19-4/h6-8,11H,5,9H2,1-4H3,(H,16,17). The van der Waals surface area contributed by atoms with Crippen LogP contribution in [0.3, 0.4) is 0 Å². The van der Waals surface area contributed by atoms with Gasteiger partial charge in [-0.25, -0.2) is 0 Å². The maximum absolute atomic E-state index is 11.1. The number of carboxylic acids is 1. The molecule has 0 heterocycles. The third-order valence-electron chi connectivity index (χ3n) is 3.11. The van der Waals surface area contributed by atoms with E-state index in [0.29, 0.717) is 24.5 Å². The molecule has 0 aromatic heterocycles. The van der Waals surface area contributed by atoms with Crippen molar-refractivity contribution in [3.05, 3.63) is 23.8 Å². The van der Waals surface area contributed by atoms with Gasteiger partial charge >= 0.3 is 5.97 Å². The Morgan fingerprint density at radius 1 is 1.37 bits per heavy atom. The van der Waals surface area contributed by atoms with Crippen molar-refractivity contribution in [2.45, 2.75) is 25.9 Å². The number of methoxy groups -OCH3 is 2. The molecule has 1 N–H and O–H groups in total. The highest BCUT2D eigenvalue weighted by Crippen LogP contribution is 2.31. The second-order valence-electron chi connectivity index (χ2n) is 4.33. The Hall–Kier alpha value is -1.75. The van der Waals surface area contributed by atoms with Crippen molar-refractivity contribution in [1.29, 1.82) is 0 Å². The molecule has 0 saturated carbocycles. The molecule has 0 aliphatic heterocycles. The topological polar surface area (TPSA) is 59.0 Å². The van der Waals surface area contributed by atoms with E-state index in [-0.39, 0.29) is 0 Å². The number of aliphatic carboxylic acids is 1. The second kappa shape index (κ2) is 6.99. The van der Waals surface area contributed by atoms with E-state index in [1.165, 1.54) is 0 Å². The monoisotopic (exact) mass is 267 g/mol. The Bertz CT molecular complexity index is 433. The fraction of sp³-hybridized carbons (Fsp3) is 0.500. The van der Waals surface area contributed by atoms with Crippen LogP contribution in [0.5, 0.6) is 11.5 Å². The van der Waals surface area contributed by atoms with E-state index in [1.807, 2.05) is 25.1 Å². The van der Waals surface area contributed by atoms with Crippen LogP contribution in [-0.4, -0.2) is 43.3 Å². The second-order valence-corrected chi connectivity index (χ2v) is 4.33. The lowest BCUT2D eigenvalue weighted by molar-refractivity contribution is -0.143. The number of rotatable bonds is 7. The van der Waals surface area contributed by atoms with Crippen LogP contribution in [-0.2, 0) is 11.3 Å². The summed E-state index contributed by atoms with van der Waals surface area (Å²) >= 11 is 0. The van der Waals surface area contributed by atoms with Gasteiger partial charge in [0.1, 0.15) is 6.04 Å². The van der Waals surface area contributed by atoms with Crippen LogP contribution in [0, 0.1) is 0 Å². The third-order valence-corrected chi connectivity index (χ3v) is 3.11. The summed E-state index contributed by atoms with van der Waals surface area (Å²) in [6.45, 7) is 2.35. The van der Waals surface area contributed by atoms with Crippen LogP contribution in [0.25, 0.3) is 0 Å². The van der Waals surface area contributed by atoms with Crippen molar-refractivity contribution in [2.75, 3.05) is 21.3 Å². The van der Waals surface area contributed by atoms with E-state index in [2.05, 4.69) is 0 Å². The Balaban J connectivity index is 2.95. The summed E-state index contributed by atoms with van der Waals surface area (Å²) in [6, 6.07) is 5.09. The van der Waals surface area contributed by atoms with Crippen molar-refractivity contribution >= 4 is 5.97 Å². The number of likely N-dealkylation sites (N-methyl/N-ethyl adjacent to an activating group) is 1. The number of ether oxygens (including phenoxy) is 2. The van der Waals surface area contributed by atoms with Crippen LogP contribution >= 0.6 is 0 Å². The minimum atomic E-state index is -0.813. The largest absolute Gasteiger partial charge is 0.493 e. The van der Waals surface area contributed by atoms with Gasteiger partial charge in [0.05, 0.1) is 14.2 Å². The summed E-state index contributed by atoms with van der Waals surface area (Å²) in [7, 11) is 4.95. The van der Waals surface area contributed by atoms with Crippen LogP contribution in [0.1, 0.15) is 18.9 Å². The van der Waals surface area contributed by atoms with Gasteiger partial charge in [-0.3, -0.25) is 9.69 Å². The number of para-hydroxylation sites is 1. The van der Waals surface area contributed by atoms with Crippen molar-refractivity contribution < 1.29 is 19.4 Å². The molecule has 0 spiro atoms. The molecular weight excluding hydrogens is 246 g/mol. The van der Waals surface area contributed by atoms with Gasteiger partial charge in [-0.1, -0.05) is 19.1 Å². The highest BCUT2D eigenvalue weighted by Gasteiger charge is 2.22. The molecule has 1 atom stereocenters. The van der Waals surface area contributed by atoms with Gasteiger partial charge in [-0.05, 0) is 19.5 Å². The molecule has 1 rings (SSSR count). The Labute approximate surface area is 113 Å². The Morgan fingerprint density at radius 3 is 2.53 bits per heavy atom. The number of carbonyl (C=O) groups is 1. The molecule has 0 saturated heterocycles. The summed E-state index contributed by atoms with van der Waals surface area (Å²) in [5, 5.41) is 9.15. The van der Waals surface area contributed by atoms with E-state index in [1.54, 1.807) is 26.2 Å². The summed E-state index contributed by atoms with van der Waals surface area (Å²) < 4.78 is 10.6. The van der Waals surface area contributed by atoms with Gasteiger partial charge in [0, 0.05) is 12.1 Å². The molecule has 106 valence electrons. The molecule has 0 aliphatic carbocycles. The van der Waals surface area contributed by atoms with Crippen LogP contribution < -0.4 is 9.47 Å². The molecule has 0 amide bonds. The first kappa shape index (κ1) is 15.3. The lowest BCUT2D eigenvalue weighted by Gasteiger charge is -2.24. The molecule has 5 heteroatoms. The fourth-order valence-electron chi connectivity index (χ4n) is 2.13. The van der Waals surface area contributed by atoms with Gasteiger partial charge in [-0.2, -0.15) is 0 Å². The fourth-order valence-corrected chi connectivity index (χ4v) is 2.13. The highest BCUT2D eigenvalue weighted by molar-refractivity contribution is 5.73. The van der Waals surface area contributed by atoms with E-state index < -0.39 is 12.0 Å². The van der Waals surface area contributed by atoms with E-state index in [4.69, 9.17) is 14.6 Å². The summed E-state index contributed by atoms with van der Waals surface area (Å²) in [4.78, 5) is 12.9. The SMILES string of the molecule is CCC(C(=O)O)N(C)Cc1cccc(OC)c1OC. The van der Waals surface area contributed by atoms with Crippen molar-refractivity contribution in [3.8, 4) is 11.5 Å². The van der Waals surface area contributed by atoms with Gasteiger partial charge in [0.2, 0.25) is 0 Å². The quantitative estimate of drug-likeness (QED) is 0.818. The first-order valence-electron chi connectivity index (χ1n) is 6.18. The molecule has 0 fully saturated rings. The number of hydrogen-bond donors (Lipinski definition) is 1. The Kier molecular flexibility index (Phi) is 5.63. The number of benzene rings is 1. The normalized spacial score (nSPS) is 12.3. The zero-order chi connectivity index (χ0) is 14.4. The van der Waals surface area contributed by atoms with E-state index in [0.717, 1.165) is 5.56 Å².